The third-order valence-electron chi connectivity index (χ3n) is 3.78. The van der Waals surface area contributed by atoms with Crippen LogP contribution < -0.4 is 10.0 Å². The minimum absolute atomic E-state index is 0.0481. The number of hydrogen-bond acceptors (Lipinski definition) is 9. The van der Waals surface area contributed by atoms with Crippen LogP contribution in [0.25, 0.3) is 0 Å². The summed E-state index contributed by atoms with van der Waals surface area (Å²) >= 11 is 1.35. The molecule has 0 amide bonds. The molecule has 0 aliphatic rings. The quantitative estimate of drug-likeness (QED) is 0.150. The molecule has 0 spiro atoms. The fourth-order valence-electron chi connectivity index (χ4n) is 2.62. The summed E-state index contributed by atoms with van der Waals surface area (Å²) in [4.78, 5) is 0. The van der Waals surface area contributed by atoms with Crippen LogP contribution in [0.1, 0.15) is 34.1 Å². The van der Waals surface area contributed by atoms with E-state index in [0.717, 1.165) is 4.73 Å². The molecular formula is C18H34N2O7P2S. The predicted octanol–water partition coefficient (Wildman–Crippen LogP) is 4.25. The highest BCUT2D eigenvalue weighted by molar-refractivity contribution is 7.99. The smallest absolute Gasteiger partial charge is 0.344 e. The van der Waals surface area contributed by atoms with Crippen molar-refractivity contribution in [1.29, 1.82) is 0 Å². The van der Waals surface area contributed by atoms with Crippen molar-refractivity contribution in [3.63, 3.8) is 0 Å². The average molecular weight is 484 g/mol. The van der Waals surface area contributed by atoms with Crippen LogP contribution in [0.15, 0.2) is 29.4 Å². The number of hydrogen-bond donors (Lipinski definition) is 1. The van der Waals surface area contributed by atoms with Crippen molar-refractivity contribution in [3.05, 3.63) is 29.6 Å². The Hall–Kier alpha value is -0.440. The van der Waals surface area contributed by atoms with Crippen molar-refractivity contribution in [3.8, 4) is 0 Å². The minimum atomic E-state index is -3.23. The number of aromatic nitrogens is 1. The van der Waals surface area contributed by atoms with Gasteiger partial charge in [0.15, 0.2) is 6.20 Å². The van der Waals surface area contributed by atoms with E-state index in [-0.39, 0.29) is 30.9 Å². The highest BCUT2D eigenvalue weighted by Crippen LogP contribution is 2.49. The van der Waals surface area contributed by atoms with E-state index in [0.29, 0.717) is 31.2 Å². The Morgan fingerprint density at radius 1 is 1.00 bits per heavy atom. The Labute approximate surface area is 183 Å². The Balaban J connectivity index is 2.83. The number of rotatable bonds is 17. The van der Waals surface area contributed by atoms with Gasteiger partial charge in [-0.05, 0) is 40.2 Å². The Bertz CT molecular complexity index is 691. The molecule has 0 aliphatic heterocycles. The van der Waals surface area contributed by atoms with Crippen LogP contribution in [0.3, 0.4) is 0 Å². The first-order valence-corrected chi connectivity index (χ1v) is 14.5. The summed E-state index contributed by atoms with van der Waals surface area (Å²) in [6.07, 6.45) is 2.16. The van der Waals surface area contributed by atoms with E-state index in [4.69, 9.17) is 18.1 Å². The molecule has 12 heteroatoms. The summed E-state index contributed by atoms with van der Waals surface area (Å²) in [5.74, 6) is 0. The molecule has 0 radical (unpaired) electrons. The van der Waals surface area contributed by atoms with Crippen molar-refractivity contribution in [2.75, 3.05) is 45.4 Å². The Morgan fingerprint density at radius 2 is 1.57 bits per heavy atom. The third kappa shape index (κ3) is 10.2. The molecule has 9 nitrogen and oxygen atoms in total. The van der Waals surface area contributed by atoms with Crippen molar-refractivity contribution < 1.29 is 32.0 Å². The molecule has 1 unspecified atom stereocenters. The average Bonchev–Trinajstić information content (AvgIpc) is 2.68. The molecule has 0 bridgehead atoms. The van der Waals surface area contributed by atoms with Crippen molar-refractivity contribution in [2.24, 2.45) is 0 Å². The van der Waals surface area contributed by atoms with E-state index in [1.165, 1.54) is 18.0 Å². The van der Waals surface area contributed by atoms with Gasteiger partial charge in [0.2, 0.25) is 0 Å². The summed E-state index contributed by atoms with van der Waals surface area (Å²) in [5, 5.41) is 15.5. The molecule has 1 rings (SSSR count). The molecule has 0 saturated carbocycles. The van der Waals surface area contributed by atoms with Gasteiger partial charge in [-0.1, -0.05) is 11.8 Å². The minimum Gasteiger partial charge on any atom is -0.618 e. The summed E-state index contributed by atoms with van der Waals surface area (Å²) < 4.78 is 47.6. The number of thioether (sulfide) groups is 1. The van der Waals surface area contributed by atoms with Crippen LogP contribution in [0.5, 0.6) is 0 Å². The van der Waals surface area contributed by atoms with Gasteiger partial charge in [0.05, 0.1) is 38.9 Å². The summed E-state index contributed by atoms with van der Waals surface area (Å²) in [5.41, 5.74) is 0. The molecule has 30 heavy (non-hydrogen) atoms. The summed E-state index contributed by atoms with van der Waals surface area (Å²) in [6.45, 7) is 8.59. The lowest BCUT2D eigenvalue weighted by Crippen LogP contribution is -2.32. The summed E-state index contributed by atoms with van der Waals surface area (Å²) in [7, 11) is -6.44. The van der Waals surface area contributed by atoms with E-state index in [9.17, 15) is 14.3 Å². The van der Waals surface area contributed by atoms with Gasteiger partial charge in [0.1, 0.15) is 0 Å². The molecule has 1 heterocycles. The highest BCUT2D eigenvalue weighted by Gasteiger charge is 2.28. The van der Waals surface area contributed by atoms with Crippen LogP contribution in [-0.4, -0.2) is 50.7 Å². The van der Waals surface area contributed by atoms with Gasteiger partial charge >= 0.3 is 15.2 Å². The molecule has 1 atom stereocenters. The SMILES string of the molecule is CCOP(=O)(CCC(CNCP(=O)(OCC)OCC)Sc1cccc[n+]1[O-])OCC. The van der Waals surface area contributed by atoms with Crippen LogP contribution in [0.2, 0.25) is 0 Å². The van der Waals surface area contributed by atoms with Gasteiger partial charge in [0, 0.05) is 23.9 Å². The predicted molar refractivity (Wildman–Crippen MR) is 119 cm³/mol. The first kappa shape index (κ1) is 27.6. The standard InChI is InChI=1S/C18H34N2O7P2S/c1-5-24-28(22,25-6-2)14-12-17(30-18-11-9-10-13-20(18)21)15-19-16-29(23,26-7-3)27-8-4/h9-11,13,17,19H,5-8,12,14-16H2,1-4H3. The highest BCUT2D eigenvalue weighted by atomic mass is 32.2. The molecule has 1 aromatic rings. The van der Waals surface area contributed by atoms with Crippen molar-refractivity contribution in [1.82, 2.24) is 5.32 Å². The maximum Gasteiger partial charge on any atom is 0.344 e. The fourth-order valence-corrected chi connectivity index (χ4v) is 7.09. The van der Waals surface area contributed by atoms with Crippen molar-refractivity contribution in [2.45, 2.75) is 44.4 Å². The van der Waals surface area contributed by atoms with Crippen LogP contribution in [-0.2, 0) is 27.2 Å². The lowest BCUT2D eigenvalue weighted by molar-refractivity contribution is -0.645. The second kappa shape index (κ2) is 14.6. The van der Waals surface area contributed by atoms with Crippen LogP contribution in [0, 0.1) is 5.21 Å². The Morgan fingerprint density at radius 3 is 2.10 bits per heavy atom. The van der Waals surface area contributed by atoms with E-state index in [1.54, 1.807) is 45.9 Å². The first-order chi connectivity index (χ1) is 14.3. The largest absolute Gasteiger partial charge is 0.618 e. The molecule has 0 aliphatic carbocycles. The topological polar surface area (TPSA) is 110 Å². The second-order valence-electron chi connectivity index (χ2n) is 6.12. The normalized spacial score (nSPS) is 13.5. The zero-order valence-corrected chi connectivity index (χ0v) is 20.8. The number of pyridine rings is 1. The zero-order valence-electron chi connectivity index (χ0n) is 18.2. The maximum atomic E-state index is 12.8. The molecule has 174 valence electrons. The van der Waals surface area contributed by atoms with E-state index in [2.05, 4.69) is 5.32 Å². The third-order valence-corrected chi connectivity index (χ3v) is 9.10. The number of nitrogens with one attached hydrogen (secondary N) is 1. The molecular weight excluding hydrogens is 450 g/mol. The van der Waals surface area contributed by atoms with Gasteiger partial charge in [-0.2, -0.15) is 4.73 Å². The lowest BCUT2D eigenvalue weighted by atomic mass is 10.3. The molecule has 1 N–H and O–H groups in total. The van der Waals surface area contributed by atoms with Gasteiger partial charge in [-0.15, -0.1) is 0 Å². The molecule has 0 fully saturated rings. The van der Waals surface area contributed by atoms with E-state index >= 15 is 0 Å². The zero-order chi connectivity index (χ0) is 22.5. The van der Waals surface area contributed by atoms with Gasteiger partial charge < -0.3 is 28.6 Å². The van der Waals surface area contributed by atoms with E-state index in [1.807, 2.05) is 0 Å². The van der Waals surface area contributed by atoms with Gasteiger partial charge in [-0.25, -0.2) is 0 Å². The van der Waals surface area contributed by atoms with Gasteiger partial charge in [0.25, 0.3) is 5.03 Å². The monoisotopic (exact) mass is 484 g/mol. The lowest BCUT2D eigenvalue weighted by Gasteiger charge is -2.22. The number of nitrogens with zero attached hydrogens (tertiary/aromatic N) is 1. The summed E-state index contributed by atoms with van der Waals surface area (Å²) in [6, 6.07) is 5.16. The first-order valence-electron chi connectivity index (χ1n) is 10.1. The Kier molecular flexibility index (Phi) is 13.4. The van der Waals surface area contributed by atoms with Crippen LogP contribution >= 0.6 is 27.0 Å². The molecule has 0 aromatic carbocycles. The van der Waals surface area contributed by atoms with Crippen molar-refractivity contribution >= 4 is 27.0 Å². The second-order valence-corrected chi connectivity index (χ2v) is 11.7. The molecule has 1 aromatic heterocycles. The molecule has 0 saturated heterocycles. The fraction of sp³-hybridized carbons (Fsp3) is 0.722. The van der Waals surface area contributed by atoms with Gasteiger partial charge in [-0.3, -0.25) is 9.13 Å². The van der Waals surface area contributed by atoms with Crippen LogP contribution in [0.4, 0.5) is 0 Å². The maximum absolute atomic E-state index is 12.8. The van der Waals surface area contributed by atoms with E-state index < -0.39 is 15.2 Å².